The molecule has 3 heterocycles. The highest BCUT2D eigenvalue weighted by atomic mass is 32.2. The van der Waals surface area contributed by atoms with Gasteiger partial charge in [0.25, 0.3) is 5.91 Å². The van der Waals surface area contributed by atoms with Gasteiger partial charge in [-0.15, -0.1) is 11.8 Å². The SMILES string of the molecule is C[C@H]1[C@@H](CSc2ncccc2C(=O)O)O[C@@H](c2ccc(N3C(=O)CC(NC(=O)OCc4ccccc4)C3=O)cc2)O[C@H]1c1ccc(CO)cc1. The van der Waals surface area contributed by atoms with Crippen molar-refractivity contribution in [3.05, 3.63) is 125 Å². The average molecular weight is 698 g/mol. The lowest BCUT2D eigenvalue weighted by Gasteiger charge is -2.41. The van der Waals surface area contributed by atoms with Crippen molar-refractivity contribution in [2.75, 3.05) is 10.7 Å². The average Bonchev–Trinajstić information content (AvgIpc) is 3.42. The molecule has 0 aliphatic carbocycles. The van der Waals surface area contributed by atoms with E-state index in [-0.39, 0.29) is 37.2 Å². The number of amides is 3. The van der Waals surface area contributed by atoms with Crippen LogP contribution in [0, 0.1) is 5.92 Å². The molecule has 3 N–H and O–H groups in total. The molecular formula is C37H35N3O9S. The molecule has 1 aromatic heterocycles. The van der Waals surface area contributed by atoms with Gasteiger partial charge >= 0.3 is 12.1 Å². The van der Waals surface area contributed by atoms with Crippen LogP contribution in [0.2, 0.25) is 0 Å². The van der Waals surface area contributed by atoms with E-state index >= 15 is 0 Å². The summed E-state index contributed by atoms with van der Waals surface area (Å²) in [6, 6.07) is 25.2. The van der Waals surface area contributed by atoms with Crippen LogP contribution in [0.4, 0.5) is 10.5 Å². The number of thioether (sulfide) groups is 1. The molecule has 0 bridgehead atoms. The van der Waals surface area contributed by atoms with E-state index in [0.717, 1.165) is 21.6 Å². The highest BCUT2D eigenvalue weighted by Gasteiger charge is 2.42. The number of carboxylic acids is 1. The van der Waals surface area contributed by atoms with Crippen molar-refractivity contribution in [2.45, 2.75) is 56.1 Å². The molecule has 50 heavy (non-hydrogen) atoms. The highest BCUT2D eigenvalue weighted by Crippen LogP contribution is 2.43. The molecule has 0 spiro atoms. The molecule has 2 aliphatic rings. The van der Waals surface area contributed by atoms with Crippen LogP contribution in [0.3, 0.4) is 0 Å². The van der Waals surface area contributed by atoms with E-state index < -0.39 is 42.3 Å². The molecule has 5 atom stereocenters. The van der Waals surface area contributed by atoms with Crippen LogP contribution in [0.15, 0.2) is 102 Å². The van der Waals surface area contributed by atoms with Crippen LogP contribution in [0.1, 0.15) is 58.4 Å². The Bertz CT molecular complexity index is 1840. The zero-order valence-corrected chi connectivity index (χ0v) is 27.8. The van der Waals surface area contributed by atoms with Crippen LogP contribution in [0.5, 0.6) is 0 Å². The van der Waals surface area contributed by atoms with E-state index in [4.69, 9.17) is 14.2 Å². The minimum Gasteiger partial charge on any atom is -0.478 e. The number of aliphatic hydroxyl groups is 1. The Balaban J connectivity index is 1.16. The van der Waals surface area contributed by atoms with Crippen molar-refractivity contribution in [2.24, 2.45) is 5.92 Å². The number of aromatic carboxylic acids is 1. The van der Waals surface area contributed by atoms with Crippen LogP contribution >= 0.6 is 11.8 Å². The molecule has 2 aliphatic heterocycles. The summed E-state index contributed by atoms with van der Waals surface area (Å²) in [5.41, 5.74) is 3.50. The number of nitrogens with zero attached hydrogens (tertiary/aromatic N) is 2. The Labute approximate surface area is 292 Å². The fourth-order valence-corrected chi connectivity index (χ4v) is 6.99. The van der Waals surface area contributed by atoms with Gasteiger partial charge in [0.1, 0.15) is 17.7 Å². The van der Waals surface area contributed by atoms with Crippen LogP contribution < -0.4 is 10.2 Å². The van der Waals surface area contributed by atoms with Gasteiger partial charge in [0.15, 0.2) is 6.29 Å². The molecule has 258 valence electrons. The molecule has 3 amide bonds. The van der Waals surface area contributed by atoms with E-state index in [2.05, 4.69) is 10.3 Å². The first-order chi connectivity index (χ1) is 24.2. The van der Waals surface area contributed by atoms with Crippen LogP contribution in [-0.2, 0) is 37.0 Å². The molecule has 0 saturated carbocycles. The smallest absolute Gasteiger partial charge is 0.408 e. The third-order valence-electron chi connectivity index (χ3n) is 8.58. The summed E-state index contributed by atoms with van der Waals surface area (Å²) in [5.74, 6) is -1.87. The van der Waals surface area contributed by atoms with E-state index in [1.54, 1.807) is 48.7 Å². The Morgan fingerprint density at radius 2 is 1.66 bits per heavy atom. The minimum atomic E-state index is -1.07. The number of pyridine rings is 1. The first-order valence-corrected chi connectivity index (χ1v) is 17.0. The predicted octanol–water partition coefficient (Wildman–Crippen LogP) is 5.41. The molecule has 2 saturated heterocycles. The predicted molar refractivity (Wildman–Crippen MR) is 182 cm³/mol. The van der Waals surface area contributed by atoms with Gasteiger partial charge in [-0.05, 0) is 41.0 Å². The lowest BCUT2D eigenvalue weighted by Crippen LogP contribution is -2.42. The quantitative estimate of drug-likeness (QED) is 0.136. The van der Waals surface area contributed by atoms with Gasteiger partial charge in [0.05, 0.1) is 36.5 Å². The summed E-state index contributed by atoms with van der Waals surface area (Å²) < 4.78 is 18.2. The van der Waals surface area contributed by atoms with Crippen molar-refractivity contribution in [3.8, 4) is 0 Å². The van der Waals surface area contributed by atoms with Gasteiger partial charge < -0.3 is 29.7 Å². The van der Waals surface area contributed by atoms with E-state index in [9.17, 15) is 29.4 Å². The Kier molecular flexibility index (Phi) is 10.9. The van der Waals surface area contributed by atoms with Gasteiger partial charge in [-0.25, -0.2) is 19.5 Å². The lowest BCUT2D eigenvalue weighted by atomic mass is 9.91. The maximum absolute atomic E-state index is 13.2. The first-order valence-electron chi connectivity index (χ1n) is 16.0. The number of anilines is 1. The summed E-state index contributed by atoms with van der Waals surface area (Å²) in [6.45, 7) is 1.93. The van der Waals surface area contributed by atoms with Crippen molar-refractivity contribution >= 4 is 41.3 Å². The zero-order chi connectivity index (χ0) is 35.2. The summed E-state index contributed by atoms with van der Waals surface area (Å²) in [5, 5.41) is 22.0. The third-order valence-corrected chi connectivity index (χ3v) is 9.68. The van der Waals surface area contributed by atoms with Crippen molar-refractivity contribution in [1.82, 2.24) is 10.3 Å². The number of ether oxygens (including phenoxy) is 3. The first kappa shape index (κ1) is 34.8. The zero-order valence-electron chi connectivity index (χ0n) is 27.0. The molecule has 4 aromatic rings. The number of aromatic nitrogens is 1. The number of imide groups is 1. The van der Waals surface area contributed by atoms with Crippen LogP contribution in [0.25, 0.3) is 0 Å². The monoisotopic (exact) mass is 697 g/mol. The standard InChI is InChI=1S/C37H35N3O9S/c1-22-30(21-50-33-28(35(44)45)8-5-17-38-33)48-36(49-32(22)25-11-9-23(19-41)10-12-25)26-13-15-27(16-14-26)40-31(42)18-29(34(40)43)39-37(46)47-20-24-6-3-2-4-7-24/h2-17,22,29-30,32,36,41H,18-21H2,1H3,(H,39,46)(H,44,45)/t22-,29?,30+,32+,36+/m0/s1. The van der Waals surface area contributed by atoms with Gasteiger partial charge in [-0.1, -0.05) is 73.7 Å². The van der Waals surface area contributed by atoms with Gasteiger partial charge in [-0.2, -0.15) is 0 Å². The Hall–Kier alpha value is -5.08. The highest BCUT2D eigenvalue weighted by molar-refractivity contribution is 7.99. The molecule has 1 unspecified atom stereocenters. The molecule has 13 heteroatoms. The molecule has 6 rings (SSSR count). The molecule has 2 fully saturated rings. The molecule has 0 radical (unpaired) electrons. The minimum absolute atomic E-state index is 0.0255. The summed E-state index contributed by atoms with van der Waals surface area (Å²) >= 11 is 1.29. The summed E-state index contributed by atoms with van der Waals surface area (Å²) in [6.07, 6.45) is -1.10. The van der Waals surface area contributed by atoms with Crippen molar-refractivity contribution < 1.29 is 43.6 Å². The number of hydrogen-bond acceptors (Lipinski definition) is 10. The second-order valence-corrected chi connectivity index (χ2v) is 12.9. The van der Waals surface area contributed by atoms with E-state index in [0.29, 0.717) is 22.0 Å². The summed E-state index contributed by atoms with van der Waals surface area (Å²) in [4.78, 5) is 55.6. The number of carbonyl (C=O) groups is 4. The number of carboxylic acid groups (broad SMARTS) is 1. The number of benzene rings is 3. The topological polar surface area (TPSA) is 165 Å². The van der Waals surface area contributed by atoms with Gasteiger partial charge in [0.2, 0.25) is 5.91 Å². The third kappa shape index (κ3) is 7.87. The molecule has 12 nitrogen and oxygen atoms in total. The summed E-state index contributed by atoms with van der Waals surface area (Å²) in [7, 11) is 0. The van der Waals surface area contributed by atoms with Gasteiger partial charge in [0, 0.05) is 23.4 Å². The number of carbonyl (C=O) groups excluding carboxylic acids is 3. The maximum atomic E-state index is 13.2. The maximum Gasteiger partial charge on any atom is 0.408 e. The molecule has 3 aromatic carbocycles. The number of rotatable bonds is 11. The number of alkyl carbamates (subject to hydrolysis) is 1. The molecular weight excluding hydrogens is 662 g/mol. The Morgan fingerprint density at radius 1 is 0.940 bits per heavy atom. The van der Waals surface area contributed by atoms with Crippen LogP contribution in [-0.4, -0.2) is 57.0 Å². The fourth-order valence-electron chi connectivity index (χ4n) is 5.84. The largest absolute Gasteiger partial charge is 0.478 e. The number of nitrogens with one attached hydrogen (secondary N) is 1. The van der Waals surface area contributed by atoms with E-state index in [1.165, 1.54) is 17.8 Å². The van der Waals surface area contributed by atoms with Crippen molar-refractivity contribution in [3.63, 3.8) is 0 Å². The lowest BCUT2D eigenvalue weighted by molar-refractivity contribution is -0.268. The number of hydrogen-bond donors (Lipinski definition) is 3. The second-order valence-electron chi connectivity index (χ2n) is 11.9. The normalized spacial score (nSPS) is 22.0. The van der Waals surface area contributed by atoms with Crippen molar-refractivity contribution in [1.29, 1.82) is 0 Å². The fraction of sp³-hybridized carbons (Fsp3) is 0.270. The van der Waals surface area contributed by atoms with E-state index in [1.807, 2.05) is 49.4 Å². The van der Waals surface area contributed by atoms with Gasteiger partial charge in [-0.3, -0.25) is 9.59 Å². The Morgan fingerprint density at radius 3 is 2.36 bits per heavy atom. The number of aliphatic hydroxyl groups excluding tert-OH is 1. The second kappa shape index (κ2) is 15.6.